The lowest BCUT2D eigenvalue weighted by atomic mass is 9.83. The molecule has 25 heavy (non-hydrogen) atoms. The predicted octanol–water partition coefficient (Wildman–Crippen LogP) is 3.68. The van der Waals surface area contributed by atoms with E-state index in [1.807, 2.05) is 61.2 Å². The number of nitrogens with zero attached hydrogens (tertiary/aromatic N) is 1. The molecule has 2 aromatic rings. The zero-order valence-corrected chi connectivity index (χ0v) is 14.6. The van der Waals surface area contributed by atoms with Crippen LogP contribution in [0.4, 0.5) is 0 Å². The third-order valence-corrected chi connectivity index (χ3v) is 5.14. The van der Waals surface area contributed by atoms with Crippen LogP contribution in [0.25, 0.3) is 0 Å². The number of hydrogen-bond donors (Lipinski definition) is 1. The van der Waals surface area contributed by atoms with Crippen molar-refractivity contribution in [2.45, 2.75) is 31.6 Å². The van der Waals surface area contributed by atoms with Crippen LogP contribution in [0.5, 0.6) is 0 Å². The molecule has 0 saturated carbocycles. The summed E-state index contributed by atoms with van der Waals surface area (Å²) in [7, 11) is 0. The molecule has 1 aliphatic rings. The summed E-state index contributed by atoms with van der Waals surface area (Å²) in [6, 6.07) is 16.9. The number of rotatable bonds is 4. The Morgan fingerprint density at radius 2 is 1.68 bits per heavy atom. The molecule has 1 atom stereocenters. The van der Waals surface area contributed by atoms with Gasteiger partial charge in [-0.25, -0.2) is 4.79 Å². The van der Waals surface area contributed by atoms with Gasteiger partial charge in [0.25, 0.3) is 0 Å². The average molecular weight is 337 g/mol. The van der Waals surface area contributed by atoms with Gasteiger partial charge in [-0.1, -0.05) is 48.5 Å². The van der Waals surface area contributed by atoms with Crippen molar-refractivity contribution in [2.24, 2.45) is 0 Å². The zero-order valence-electron chi connectivity index (χ0n) is 14.6. The molecule has 1 heterocycles. The summed E-state index contributed by atoms with van der Waals surface area (Å²) in [5.41, 5.74) is 1.56. The van der Waals surface area contributed by atoms with E-state index < -0.39 is 11.4 Å². The molecule has 1 N–H and O–H groups in total. The van der Waals surface area contributed by atoms with Gasteiger partial charge in [-0.05, 0) is 37.5 Å². The Hall–Kier alpha value is -2.62. The van der Waals surface area contributed by atoms with Gasteiger partial charge in [-0.2, -0.15) is 0 Å². The number of carbonyl (C=O) groups excluding carboxylic acids is 1. The quantitative estimate of drug-likeness (QED) is 0.926. The van der Waals surface area contributed by atoms with Crippen LogP contribution in [-0.2, 0) is 10.2 Å². The van der Waals surface area contributed by atoms with Gasteiger partial charge >= 0.3 is 5.97 Å². The van der Waals surface area contributed by atoms with Crippen LogP contribution in [0.2, 0.25) is 0 Å². The minimum absolute atomic E-state index is 0.0721. The highest BCUT2D eigenvalue weighted by Gasteiger charge is 2.38. The molecule has 4 nitrogen and oxygen atoms in total. The lowest BCUT2D eigenvalue weighted by Crippen LogP contribution is -2.42. The number of carbonyl (C=O) groups is 2. The zero-order chi connectivity index (χ0) is 18.0. The normalized spacial score (nSPS) is 17.5. The van der Waals surface area contributed by atoms with Crippen molar-refractivity contribution in [3.05, 3.63) is 71.3 Å². The fourth-order valence-electron chi connectivity index (χ4n) is 3.62. The van der Waals surface area contributed by atoms with E-state index in [-0.39, 0.29) is 11.8 Å². The molecule has 1 saturated heterocycles. The largest absolute Gasteiger partial charge is 0.478 e. The van der Waals surface area contributed by atoms with Crippen molar-refractivity contribution in [3.8, 4) is 0 Å². The number of carboxylic acids is 1. The van der Waals surface area contributed by atoms with E-state index in [0.29, 0.717) is 18.7 Å². The summed E-state index contributed by atoms with van der Waals surface area (Å²) in [5, 5.41) is 9.40. The molecule has 3 rings (SSSR count). The molecular weight excluding hydrogens is 314 g/mol. The summed E-state index contributed by atoms with van der Waals surface area (Å²) in [6.45, 7) is 5.12. The predicted molar refractivity (Wildman–Crippen MR) is 96.8 cm³/mol. The van der Waals surface area contributed by atoms with E-state index in [4.69, 9.17) is 0 Å². The molecule has 2 aromatic carbocycles. The number of carboxylic acid groups (broad SMARTS) is 1. The highest BCUT2D eigenvalue weighted by Crippen LogP contribution is 2.33. The van der Waals surface area contributed by atoms with Gasteiger partial charge in [-0.3, -0.25) is 4.79 Å². The lowest BCUT2D eigenvalue weighted by Gasteiger charge is -2.30. The number of aromatic carboxylic acids is 1. The highest BCUT2D eigenvalue weighted by atomic mass is 16.4. The van der Waals surface area contributed by atoms with Crippen molar-refractivity contribution >= 4 is 11.9 Å². The first kappa shape index (κ1) is 17.2. The Balaban J connectivity index is 1.79. The van der Waals surface area contributed by atoms with Gasteiger partial charge in [0.05, 0.1) is 11.0 Å². The molecule has 1 fully saturated rings. The summed E-state index contributed by atoms with van der Waals surface area (Å²) < 4.78 is 0. The maximum Gasteiger partial charge on any atom is 0.335 e. The number of likely N-dealkylation sites (tertiary alicyclic amines) is 1. The van der Waals surface area contributed by atoms with Crippen LogP contribution in [0.3, 0.4) is 0 Å². The lowest BCUT2D eigenvalue weighted by molar-refractivity contribution is -0.135. The van der Waals surface area contributed by atoms with Crippen LogP contribution >= 0.6 is 0 Å². The first-order chi connectivity index (χ1) is 11.9. The summed E-state index contributed by atoms with van der Waals surface area (Å²) in [4.78, 5) is 26.4. The van der Waals surface area contributed by atoms with Crippen molar-refractivity contribution in [2.75, 3.05) is 13.1 Å². The van der Waals surface area contributed by atoms with Crippen molar-refractivity contribution < 1.29 is 14.7 Å². The van der Waals surface area contributed by atoms with Gasteiger partial charge in [-0.15, -0.1) is 0 Å². The SMILES string of the molecule is CC(C)(C(=O)N1CC[C@@H](c2ccccc2C(=O)O)C1)c1ccccc1. The summed E-state index contributed by atoms with van der Waals surface area (Å²) >= 11 is 0. The van der Waals surface area contributed by atoms with Gasteiger partial charge in [0.1, 0.15) is 0 Å². The maximum atomic E-state index is 13.1. The van der Waals surface area contributed by atoms with Crippen LogP contribution in [0, 0.1) is 0 Å². The average Bonchev–Trinajstić information content (AvgIpc) is 3.11. The van der Waals surface area contributed by atoms with Crippen LogP contribution in [-0.4, -0.2) is 35.0 Å². The van der Waals surface area contributed by atoms with Crippen molar-refractivity contribution in [3.63, 3.8) is 0 Å². The van der Waals surface area contributed by atoms with E-state index in [0.717, 1.165) is 17.5 Å². The highest BCUT2D eigenvalue weighted by molar-refractivity contribution is 5.90. The monoisotopic (exact) mass is 337 g/mol. The standard InChI is InChI=1S/C21H23NO3/c1-21(2,16-8-4-3-5-9-16)20(25)22-13-12-15(14-22)17-10-6-7-11-18(17)19(23)24/h3-11,15H,12-14H2,1-2H3,(H,23,24)/t15-/m1/s1. The number of benzene rings is 2. The first-order valence-electron chi connectivity index (χ1n) is 8.58. The molecular formula is C21H23NO3. The van der Waals surface area contributed by atoms with Crippen LogP contribution in [0.15, 0.2) is 54.6 Å². The van der Waals surface area contributed by atoms with E-state index in [1.165, 1.54) is 0 Å². The van der Waals surface area contributed by atoms with E-state index in [1.54, 1.807) is 12.1 Å². The topological polar surface area (TPSA) is 57.6 Å². The number of amides is 1. The Morgan fingerprint density at radius 3 is 2.36 bits per heavy atom. The molecule has 1 amide bonds. The minimum atomic E-state index is -0.912. The Labute approximate surface area is 148 Å². The molecule has 0 unspecified atom stereocenters. The van der Waals surface area contributed by atoms with Gasteiger partial charge in [0.2, 0.25) is 5.91 Å². The maximum absolute atomic E-state index is 13.1. The third kappa shape index (κ3) is 3.29. The van der Waals surface area contributed by atoms with E-state index in [2.05, 4.69) is 0 Å². The second-order valence-corrected chi connectivity index (χ2v) is 7.12. The Kier molecular flexibility index (Phi) is 4.62. The van der Waals surface area contributed by atoms with Crippen molar-refractivity contribution in [1.82, 2.24) is 4.90 Å². The molecule has 130 valence electrons. The molecule has 0 radical (unpaired) electrons. The molecule has 0 spiro atoms. The van der Waals surface area contributed by atoms with E-state index >= 15 is 0 Å². The van der Waals surface area contributed by atoms with Crippen LogP contribution < -0.4 is 0 Å². The molecule has 4 heteroatoms. The third-order valence-electron chi connectivity index (χ3n) is 5.14. The van der Waals surface area contributed by atoms with Gasteiger partial charge < -0.3 is 10.0 Å². The summed E-state index contributed by atoms with van der Waals surface area (Å²) in [6.07, 6.45) is 0.793. The van der Waals surface area contributed by atoms with Crippen molar-refractivity contribution in [1.29, 1.82) is 0 Å². The van der Waals surface area contributed by atoms with Gasteiger partial charge in [0, 0.05) is 19.0 Å². The van der Waals surface area contributed by atoms with E-state index in [9.17, 15) is 14.7 Å². The number of hydrogen-bond acceptors (Lipinski definition) is 2. The summed E-state index contributed by atoms with van der Waals surface area (Å²) in [5.74, 6) is -0.748. The Morgan fingerprint density at radius 1 is 1.04 bits per heavy atom. The fraction of sp³-hybridized carbons (Fsp3) is 0.333. The first-order valence-corrected chi connectivity index (χ1v) is 8.58. The molecule has 0 aromatic heterocycles. The smallest absolute Gasteiger partial charge is 0.335 e. The molecule has 0 bridgehead atoms. The molecule has 0 aliphatic carbocycles. The Bertz CT molecular complexity index is 783. The fourth-order valence-corrected chi connectivity index (χ4v) is 3.62. The van der Waals surface area contributed by atoms with Gasteiger partial charge in [0.15, 0.2) is 0 Å². The van der Waals surface area contributed by atoms with Crippen LogP contribution in [0.1, 0.15) is 47.7 Å². The molecule has 1 aliphatic heterocycles. The minimum Gasteiger partial charge on any atom is -0.478 e. The second-order valence-electron chi connectivity index (χ2n) is 7.12. The second kappa shape index (κ2) is 6.71.